The molecule has 0 radical (unpaired) electrons. The van der Waals surface area contributed by atoms with Crippen molar-refractivity contribution in [3.05, 3.63) is 139 Å². The quantitative estimate of drug-likeness (QED) is 0.155. The lowest BCUT2D eigenvalue weighted by Gasteiger charge is -2.31. The lowest BCUT2D eigenvalue weighted by Crippen LogP contribution is -2.59. The number of nitrogens with zero attached hydrogens (tertiary/aromatic N) is 4. The van der Waals surface area contributed by atoms with Crippen LogP contribution in [0, 0.1) is 5.82 Å². The van der Waals surface area contributed by atoms with Crippen molar-refractivity contribution >= 4 is 99.8 Å². The first-order valence-electron chi connectivity index (χ1n) is 16.5. The Morgan fingerprint density at radius 3 is 1.25 bits per heavy atom. The first-order chi connectivity index (χ1) is 23.7. The molecule has 13 rings (SSSR count). The molecule has 4 aromatic heterocycles. The van der Waals surface area contributed by atoms with Gasteiger partial charge in [-0.25, -0.2) is 4.39 Å². The second-order valence-electron chi connectivity index (χ2n) is 13.5. The highest BCUT2D eigenvalue weighted by Crippen LogP contribution is 2.40. The number of benzene rings is 7. The van der Waals surface area contributed by atoms with Crippen molar-refractivity contribution < 1.29 is 4.39 Å². The molecule has 6 heterocycles. The molecule has 4 nitrogen and oxygen atoms in total. The summed E-state index contributed by atoms with van der Waals surface area (Å²) in [5, 5.41) is 7.35. The number of imidazole rings is 2. The van der Waals surface area contributed by atoms with Crippen molar-refractivity contribution in [3.63, 3.8) is 0 Å². The number of para-hydroxylation sites is 4. The van der Waals surface area contributed by atoms with Gasteiger partial charge < -0.3 is 0 Å². The van der Waals surface area contributed by atoms with E-state index in [-0.39, 0.29) is 12.5 Å². The fourth-order valence-corrected chi connectivity index (χ4v) is 9.55. The van der Waals surface area contributed by atoms with E-state index in [4.69, 9.17) is 0 Å². The van der Waals surface area contributed by atoms with Gasteiger partial charge >= 0.3 is 0 Å². The average Bonchev–Trinajstić information content (AvgIpc) is 3.83. The molecule has 0 spiro atoms. The van der Waals surface area contributed by atoms with Crippen LogP contribution in [0.5, 0.6) is 0 Å². The summed E-state index contributed by atoms with van der Waals surface area (Å²) in [7, 11) is 0. The van der Waals surface area contributed by atoms with Gasteiger partial charge in [-0.3, -0.25) is 17.9 Å². The lowest BCUT2D eigenvalue weighted by molar-refractivity contribution is 0.626. The molecule has 0 amide bonds. The van der Waals surface area contributed by atoms with Crippen molar-refractivity contribution in [2.75, 3.05) is 0 Å². The highest BCUT2D eigenvalue weighted by atomic mass is 19.1. The van der Waals surface area contributed by atoms with Gasteiger partial charge in [0.2, 0.25) is 0 Å². The van der Waals surface area contributed by atoms with E-state index < -0.39 is 0 Å². The van der Waals surface area contributed by atoms with Crippen molar-refractivity contribution in [2.24, 2.45) is 0 Å². The number of rotatable bonds is 0. The SMILES string of the molecule is Fc1cc2c3c(c1)-n1c4ccccc4n4c5cc6ccccc6cc5c(c14)B3c1c3cc4ccccc4cc3n3c4ccccc4n-2c13. The van der Waals surface area contributed by atoms with Crippen LogP contribution in [0.2, 0.25) is 0 Å². The van der Waals surface area contributed by atoms with Gasteiger partial charge in [0.1, 0.15) is 17.1 Å². The van der Waals surface area contributed by atoms with Crippen molar-refractivity contribution in [2.45, 2.75) is 0 Å². The third-order valence-corrected chi connectivity index (χ3v) is 11.3. The van der Waals surface area contributed by atoms with Gasteiger partial charge in [-0.1, -0.05) is 72.8 Å². The minimum atomic E-state index is -0.232. The Morgan fingerprint density at radius 2 is 0.792 bits per heavy atom. The van der Waals surface area contributed by atoms with E-state index in [1.54, 1.807) is 12.1 Å². The minimum absolute atomic E-state index is 0.105. The van der Waals surface area contributed by atoms with Gasteiger partial charge in [0.05, 0.1) is 33.1 Å². The second kappa shape index (κ2) is 7.81. The van der Waals surface area contributed by atoms with Crippen LogP contribution in [0.3, 0.4) is 0 Å². The zero-order chi connectivity index (χ0) is 31.0. The van der Waals surface area contributed by atoms with Gasteiger partial charge in [0.25, 0.3) is 6.71 Å². The summed E-state index contributed by atoms with van der Waals surface area (Å²) in [6, 6.07) is 47.4. The first kappa shape index (κ1) is 24.0. The van der Waals surface area contributed by atoms with Crippen LogP contribution in [-0.2, 0) is 0 Å². The van der Waals surface area contributed by atoms with Gasteiger partial charge in [-0.15, -0.1) is 0 Å². The highest BCUT2D eigenvalue weighted by Gasteiger charge is 2.45. The van der Waals surface area contributed by atoms with E-state index in [2.05, 4.69) is 139 Å². The maximum absolute atomic E-state index is 16.2. The Balaban J connectivity index is 1.35. The van der Waals surface area contributed by atoms with Gasteiger partial charge in [0.15, 0.2) is 0 Å². The first-order valence-corrected chi connectivity index (χ1v) is 16.5. The topological polar surface area (TPSA) is 18.7 Å². The molecule has 0 atom stereocenters. The fourth-order valence-electron chi connectivity index (χ4n) is 9.55. The van der Waals surface area contributed by atoms with E-state index in [9.17, 15) is 0 Å². The molecular formula is C42H22BFN4. The molecule has 0 bridgehead atoms. The van der Waals surface area contributed by atoms with Gasteiger partial charge in [-0.2, -0.15) is 0 Å². The third kappa shape index (κ3) is 2.52. The lowest BCUT2D eigenvalue weighted by atomic mass is 9.34. The monoisotopic (exact) mass is 612 g/mol. The summed E-state index contributed by atoms with van der Waals surface area (Å²) < 4.78 is 25.7. The molecule has 6 heteroatoms. The molecule has 0 saturated heterocycles. The number of fused-ring (bicyclic) bond motifs is 18. The summed E-state index contributed by atoms with van der Waals surface area (Å²) in [4.78, 5) is 0. The Kier molecular flexibility index (Phi) is 3.90. The number of hydrogen-bond donors (Lipinski definition) is 0. The standard InChI is InChI=1S/C42H22BFN4/c44-27-21-36-40-37(22-27)48-33-16-8-6-14-31(33)46-35-20-26-12-4-2-10-24(26)18-29(35)39(42(46)48)43(40)38-28-17-23-9-1-3-11-25(23)19-34(28)45-30-13-5-7-15-32(30)47(36)41(38)45/h1-22H. The number of hydrogen-bond acceptors (Lipinski definition) is 0. The van der Waals surface area contributed by atoms with Gasteiger partial charge in [-0.05, 0) is 109 Å². The van der Waals surface area contributed by atoms with Gasteiger partial charge in [0, 0.05) is 11.4 Å². The van der Waals surface area contributed by atoms with Crippen LogP contribution in [0.25, 0.3) is 88.1 Å². The molecule has 11 aromatic rings. The fraction of sp³-hybridized carbons (Fsp3) is 0. The van der Waals surface area contributed by atoms with E-state index in [0.717, 1.165) is 50.2 Å². The molecule has 0 aliphatic carbocycles. The Hall–Kier alpha value is -6.27. The Labute approximate surface area is 272 Å². The predicted octanol–water partition coefficient (Wildman–Crippen LogP) is 7.97. The largest absolute Gasteiger partial charge is 0.295 e. The summed E-state index contributed by atoms with van der Waals surface area (Å²) >= 11 is 0. The summed E-state index contributed by atoms with van der Waals surface area (Å²) in [6.45, 7) is -0.105. The third-order valence-electron chi connectivity index (χ3n) is 11.3. The molecule has 2 aliphatic heterocycles. The van der Waals surface area contributed by atoms with Crippen LogP contribution < -0.4 is 16.4 Å². The average molecular weight is 612 g/mol. The number of halogens is 1. The Bertz CT molecular complexity index is 3100. The van der Waals surface area contributed by atoms with Crippen LogP contribution in [0.15, 0.2) is 133 Å². The highest BCUT2D eigenvalue weighted by molar-refractivity contribution is 7.02. The second-order valence-corrected chi connectivity index (χ2v) is 13.5. The van der Waals surface area contributed by atoms with E-state index in [0.29, 0.717) is 0 Å². The van der Waals surface area contributed by atoms with E-state index in [1.807, 2.05) is 0 Å². The molecule has 2 aliphatic rings. The molecule has 0 unspecified atom stereocenters. The van der Waals surface area contributed by atoms with Crippen LogP contribution in [0.4, 0.5) is 4.39 Å². The normalized spacial score (nSPS) is 13.5. The summed E-state index contributed by atoms with van der Waals surface area (Å²) in [5.41, 5.74) is 14.6. The van der Waals surface area contributed by atoms with Crippen LogP contribution in [0.1, 0.15) is 0 Å². The molecule has 0 N–H and O–H groups in total. The molecule has 0 fully saturated rings. The van der Waals surface area contributed by atoms with E-state index in [1.165, 1.54) is 54.3 Å². The van der Waals surface area contributed by atoms with E-state index >= 15 is 4.39 Å². The zero-order valence-corrected chi connectivity index (χ0v) is 25.4. The van der Waals surface area contributed by atoms with Crippen LogP contribution >= 0.6 is 0 Å². The minimum Gasteiger partial charge on any atom is -0.295 e. The molecule has 220 valence electrons. The molecule has 0 saturated carbocycles. The van der Waals surface area contributed by atoms with Crippen LogP contribution in [-0.4, -0.2) is 24.6 Å². The smallest absolute Gasteiger partial charge is 0.258 e. The molecular weight excluding hydrogens is 590 g/mol. The maximum Gasteiger partial charge on any atom is 0.258 e. The maximum atomic E-state index is 16.2. The molecule has 7 aromatic carbocycles. The molecule has 48 heavy (non-hydrogen) atoms. The van der Waals surface area contributed by atoms with Crippen molar-refractivity contribution in [1.29, 1.82) is 0 Å². The van der Waals surface area contributed by atoms with Crippen molar-refractivity contribution in [1.82, 2.24) is 17.9 Å². The predicted molar refractivity (Wildman–Crippen MR) is 197 cm³/mol. The Morgan fingerprint density at radius 1 is 0.396 bits per heavy atom. The summed E-state index contributed by atoms with van der Waals surface area (Å²) in [5.74, 6) is -0.232. The number of aromatic nitrogens is 4. The summed E-state index contributed by atoms with van der Waals surface area (Å²) in [6.07, 6.45) is 0. The van der Waals surface area contributed by atoms with Crippen molar-refractivity contribution in [3.8, 4) is 11.4 Å². The zero-order valence-electron chi connectivity index (χ0n) is 25.4.